The molecule has 1 unspecified atom stereocenters. The summed E-state index contributed by atoms with van der Waals surface area (Å²) in [4.78, 5) is 12.3. The van der Waals surface area contributed by atoms with Crippen molar-refractivity contribution in [3.63, 3.8) is 0 Å². The Morgan fingerprint density at radius 1 is 1.32 bits per heavy atom. The number of hydrogen-bond acceptors (Lipinski definition) is 5. The maximum Gasteiger partial charge on any atom is 0.226 e. The van der Waals surface area contributed by atoms with E-state index in [-0.39, 0.29) is 0 Å². The lowest BCUT2D eigenvalue weighted by atomic mass is 10.0. The van der Waals surface area contributed by atoms with Gasteiger partial charge in [0.2, 0.25) is 5.95 Å². The largest absolute Gasteiger partial charge is 0.338 e. The van der Waals surface area contributed by atoms with Crippen LogP contribution in [0.2, 0.25) is 5.02 Å². The van der Waals surface area contributed by atoms with Gasteiger partial charge >= 0.3 is 0 Å². The molecule has 0 saturated carbocycles. The Kier molecular flexibility index (Phi) is 4.00. The molecule has 132 valence electrons. The molecule has 0 radical (unpaired) electrons. The lowest BCUT2D eigenvalue weighted by Crippen LogP contribution is -2.46. The zero-order chi connectivity index (χ0) is 17.8. The van der Waals surface area contributed by atoms with Crippen molar-refractivity contribution in [1.82, 2.24) is 9.97 Å². The Morgan fingerprint density at radius 3 is 2.76 bits per heavy atom. The number of aryl methyl sites for hydroxylation is 1. The van der Waals surface area contributed by atoms with E-state index < -0.39 is 9.73 Å². The third-order valence-corrected chi connectivity index (χ3v) is 6.74. The molecule has 0 bridgehead atoms. The zero-order valence-corrected chi connectivity index (χ0v) is 16.0. The average molecular weight is 377 g/mol. The fraction of sp³-hybridized carbons (Fsp3) is 0.444. The van der Waals surface area contributed by atoms with Gasteiger partial charge in [-0.1, -0.05) is 17.7 Å². The Hall–Kier alpha value is -1.66. The van der Waals surface area contributed by atoms with E-state index in [0.717, 1.165) is 55.1 Å². The number of anilines is 1. The quantitative estimate of drug-likeness (QED) is 0.881. The first-order valence-corrected chi connectivity index (χ1v) is 10.9. The molecule has 0 spiro atoms. The van der Waals surface area contributed by atoms with E-state index in [4.69, 9.17) is 26.3 Å². The number of aromatic nitrogens is 2. The molecular formula is C18H21ClN4OS. The van der Waals surface area contributed by atoms with Crippen LogP contribution < -0.4 is 4.90 Å². The van der Waals surface area contributed by atoms with Crippen molar-refractivity contribution in [3.8, 4) is 11.3 Å². The molecule has 1 aliphatic heterocycles. The lowest BCUT2D eigenvalue weighted by Gasteiger charge is -2.39. The SMILES string of the molecule is C[C@@H]1CCN1c1nc2c(c(-c3ccc(Cl)c(S(C)(=N)=O)c3)n1)CCC2. The van der Waals surface area contributed by atoms with E-state index in [1.165, 1.54) is 11.8 Å². The van der Waals surface area contributed by atoms with E-state index in [0.29, 0.717) is 16.0 Å². The van der Waals surface area contributed by atoms with Crippen molar-refractivity contribution in [1.29, 1.82) is 4.78 Å². The van der Waals surface area contributed by atoms with Crippen molar-refractivity contribution in [2.24, 2.45) is 0 Å². The van der Waals surface area contributed by atoms with E-state index in [1.54, 1.807) is 12.1 Å². The molecule has 1 aromatic carbocycles. The van der Waals surface area contributed by atoms with Crippen molar-refractivity contribution < 1.29 is 4.21 Å². The number of nitrogens with one attached hydrogen (secondary N) is 1. The van der Waals surface area contributed by atoms with Gasteiger partial charge in [-0.15, -0.1) is 0 Å². The molecule has 4 rings (SSSR count). The molecule has 1 aliphatic carbocycles. The molecule has 0 amide bonds. The van der Waals surface area contributed by atoms with Gasteiger partial charge in [0, 0.05) is 35.7 Å². The Morgan fingerprint density at radius 2 is 2.12 bits per heavy atom. The first-order chi connectivity index (χ1) is 11.8. The van der Waals surface area contributed by atoms with Crippen LogP contribution in [0.25, 0.3) is 11.3 Å². The molecule has 5 nitrogen and oxygen atoms in total. The summed E-state index contributed by atoms with van der Waals surface area (Å²) in [5.41, 5.74) is 4.07. The van der Waals surface area contributed by atoms with Crippen LogP contribution in [0.15, 0.2) is 23.1 Å². The Bertz CT molecular complexity index is 958. The van der Waals surface area contributed by atoms with Gasteiger partial charge in [0.1, 0.15) is 0 Å². The first-order valence-electron chi connectivity index (χ1n) is 8.55. The molecule has 1 N–H and O–H groups in total. The van der Waals surface area contributed by atoms with Gasteiger partial charge in [-0.2, -0.15) is 0 Å². The molecule has 7 heteroatoms. The fourth-order valence-corrected chi connectivity index (χ4v) is 4.90. The topological polar surface area (TPSA) is 69.9 Å². The monoisotopic (exact) mass is 376 g/mol. The van der Waals surface area contributed by atoms with Gasteiger partial charge in [0.25, 0.3) is 0 Å². The van der Waals surface area contributed by atoms with E-state index >= 15 is 0 Å². The predicted molar refractivity (Wildman–Crippen MR) is 101 cm³/mol. The predicted octanol–water partition coefficient (Wildman–Crippen LogP) is 3.92. The second-order valence-electron chi connectivity index (χ2n) is 6.97. The van der Waals surface area contributed by atoms with Gasteiger partial charge in [0.05, 0.1) is 25.3 Å². The van der Waals surface area contributed by atoms with Gasteiger partial charge in [-0.05, 0) is 44.7 Å². The summed E-state index contributed by atoms with van der Waals surface area (Å²) in [6.07, 6.45) is 5.58. The third-order valence-electron chi connectivity index (χ3n) is 5.12. The Balaban J connectivity index is 1.88. The van der Waals surface area contributed by atoms with E-state index in [9.17, 15) is 4.21 Å². The first kappa shape index (κ1) is 16.8. The second-order valence-corrected chi connectivity index (χ2v) is 9.51. The summed E-state index contributed by atoms with van der Waals surface area (Å²) in [6.45, 7) is 3.17. The molecule has 1 saturated heterocycles. The summed E-state index contributed by atoms with van der Waals surface area (Å²) in [5.74, 6) is 0.786. The summed E-state index contributed by atoms with van der Waals surface area (Å²) in [6, 6.07) is 5.86. The summed E-state index contributed by atoms with van der Waals surface area (Å²) < 4.78 is 20.1. The highest BCUT2D eigenvalue weighted by Crippen LogP contribution is 2.36. The normalized spacial score (nSPS) is 21.6. The van der Waals surface area contributed by atoms with Gasteiger partial charge in [-0.3, -0.25) is 0 Å². The molecule has 1 fully saturated rings. The highest BCUT2D eigenvalue weighted by Gasteiger charge is 2.29. The standard InChI is InChI=1S/C18H21ClN4OS/c1-11-8-9-23(11)18-21-15-5-3-4-13(15)17(22-18)12-6-7-14(19)16(10-12)25(2,20)24/h6-7,10-11,20H,3-5,8-9H2,1-2H3/t11-,25?/m1/s1. The van der Waals surface area contributed by atoms with Crippen molar-refractivity contribution in [2.45, 2.75) is 43.5 Å². The molecule has 2 aliphatic rings. The highest BCUT2D eigenvalue weighted by molar-refractivity contribution is 7.91. The van der Waals surface area contributed by atoms with Crippen LogP contribution in [-0.4, -0.2) is 33.0 Å². The average Bonchev–Trinajstić information content (AvgIpc) is 3.00. The van der Waals surface area contributed by atoms with Gasteiger partial charge in [-0.25, -0.2) is 19.0 Å². The minimum Gasteiger partial charge on any atom is -0.338 e. The van der Waals surface area contributed by atoms with E-state index in [2.05, 4.69) is 11.8 Å². The Labute approximate surface area is 153 Å². The molecule has 2 atom stereocenters. The number of nitrogens with zero attached hydrogens (tertiary/aromatic N) is 3. The highest BCUT2D eigenvalue weighted by atomic mass is 35.5. The van der Waals surface area contributed by atoms with Crippen molar-refractivity contribution in [3.05, 3.63) is 34.5 Å². The molecule has 1 aromatic heterocycles. The van der Waals surface area contributed by atoms with Crippen LogP contribution in [-0.2, 0) is 22.6 Å². The van der Waals surface area contributed by atoms with Crippen LogP contribution in [0, 0.1) is 4.78 Å². The van der Waals surface area contributed by atoms with Crippen molar-refractivity contribution in [2.75, 3.05) is 17.7 Å². The van der Waals surface area contributed by atoms with Crippen LogP contribution >= 0.6 is 11.6 Å². The molecule has 2 aromatic rings. The summed E-state index contributed by atoms with van der Waals surface area (Å²) >= 11 is 6.18. The number of rotatable bonds is 3. The third kappa shape index (κ3) is 2.91. The van der Waals surface area contributed by atoms with E-state index in [1.807, 2.05) is 6.07 Å². The zero-order valence-electron chi connectivity index (χ0n) is 14.4. The number of fused-ring (bicyclic) bond motifs is 1. The number of halogens is 1. The molecular weight excluding hydrogens is 356 g/mol. The van der Waals surface area contributed by atoms with Crippen LogP contribution in [0.3, 0.4) is 0 Å². The van der Waals surface area contributed by atoms with Crippen LogP contribution in [0.4, 0.5) is 5.95 Å². The minimum absolute atomic E-state index is 0.369. The smallest absolute Gasteiger partial charge is 0.226 e. The number of hydrogen-bond donors (Lipinski definition) is 1. The summed E-state index contributed by atoms with van der Waals surface area (Å²) in [7, 11) is -2.89. The molecule has 2 heterocycles. The van der Waals surface area contributed by atoms with Crippen LogP contribution in [0.1, 0.15) is 31.0 Å². The van der Waals surface area contributed by atoms with Crippen molar-refractivity contribution >= 4 is 27.3 Å². The molecule has 25 heavy (non-hydrogen) atoms. The summed E-state index contributed by atoms with van der Waals surface area (Å²) in [5, 5.41) is 0.369. The van der Waals surface area contributed by atoms with Gasteiger partial charge in [0.15, 0.2) is 0 Å². The maximum atomic E-state index is 12.2. The maximum absolute atomic E-state index is 12.2. The number of benzene rings is 1. The lowest BCUT2D eigenvalue weighted by molar-refractivity contribution is 0.470. The van der Waals surface area contributed by atoms with Gasteiger partial charge < -0.3 is 4.90 Å². The van der Waals surface area contributed by atoms with Crippen LogP contribution in [0.5, 0.6) is 0 Å². The fourth-order valence-electron chi connectivity index (χ4n) is 3.55. The minimum atomic E-state index is -2.89. The second kappa shape index (κ2) is 5.95.